The fourth-order valence-electron chi connectivity index (χ4n) is 4.75. The van der Waals surface area contributed by atoms with Crippen LogP contribution in [0.4, 0.5) is 5.69 Å². The zero-order valence-electron chi connectivity index (χ0n) is 24.9. The second kappa shape index (κ2) is 14.9. The molecule has 0 unspecified atom stereocenters. The van der Waals surface area contributed by atoms with E-state index in [0.29, 0.717) is 17.4 Å². The Morgan fingerprint density at radius 3 is 2.09 bits per heavy atom. The molecule has 44 heavy (non-hydrogen) atoms. The first-order valence-electron chi connectivity index (χ1n) is 14.2. The van der Waals surface area contributed by atoms with Crippen LogP contribution in [0.1, 0.15) is 23.6 Å². The zero-order valence-corrected chi connectivity index (χ0v) is 26.5. The van der Waals surface area contributed by atoms with Gasteiger partial charge in [0.2, 0.25) is 11.8 Å². The number of likely N-dealkylation sites (N-methyl/N-ethyl adjacent to an activating group) is 1. The van der Waals surface area contributed by atoms with E-state index < -0.39 is 28.5 Å². The maximum Gasteiger partial charge on any atom is 0.264 e. The standard InChI is InChI=1S/C34H36ClN3O5S/c1-4-43-30-18-16-29(17-19-30)38(44(41,42)31-20-14-28(35)15-21-31)24-33(39)37(23-27-12-10-25(2)11-13-27)32(34(40)36-3)22-26-8-6-5-7-9-26/h5-21,32H,4,22-24H2,1-3H3,(H,36,40)/t32-/m1/s1. The second-order valence-corrected chi connectivity index (χ2v) is 12.5. The molecule has 0 aliphatic rings. The SMILES string of the molecule is CCOc1ccc(N(CC(=O)N(Cc2ccc(C)cc2)[C@H](Cc2ccccc2)C(=O)NC)S(=O)(=O)c2ccc(Cl)cc2)cc1. The molecule has 4 aromatic carbocycles. The van der Waals surface area contributed by atoms with E-state index in [1.54, 1.807) is 24.3 Å². The number of amides is 2. The van der Waals surface area contributed by atoms with Gasteiger partial charge in [-0.15, -0.1) is 0 Å². The Labute approximate surface area is 264 Å². The van der Waals surface area contributed by atoms with Crippen molar-refractivity contribution >= 4 is 39.1 Å². The summed E-state index contributed by atoms with van der Waals surface area (Å²) >= 11 is 6.04. The lowest BCUT2D eigenvalue weighted by Gasteiger charge is -2.33. The first kappa shape index (κ1) is 32.6. The summed E-state index contributed by atoms with van der Waals surface area (Å²) in [7, 11) is -2.71. The fraction of sp³-hybridized carbons (Fsp3) is 0.235. The number of hydrogen-bond donors (Lipinski definition) is 1. The number of benzene rings is 4. The fourth-order valence-corrected chi connectivity index (χ4v) is 6.29. The van der Waals surface area contributed by atoms with Crippen LogP contribution >= 0.6 is 11.6 Å². The van der Waals surface area contributed by atoms with Crippen LogP contribution in [0.25, 0.3) is 0 Å². The molecule has 0 aromatic heterocycles. The summed E-state index contributed by atoms with van der Waals surface area (Å²) in [4.78, 5) is 29.1. The molecule has 10 heteroatoms. The van der Waals surface area contributed by atoms with E-state index in [9.17, 15) is 18.0 Å². The Morgan fingerprint density at radius 1 is 0.864 bits per heavy atom. The van der Waals surface area contributed by atoms with Gasteiger partial charge in [0.15, 0.2) is 0 Å². The first-order valence-corrected chi connectivity index (χ1v) is 16.1. The van der Waals surface area contributed by atoms with E-state index in [4.69, 9.17) is 16.3 Å². The lowest BCUT2D eigenvalue weighted by atomic mass is 10.0. The van der Waals surface area contributed by atoms with Crippen LogP contribution in [0, 0.1) is 6.92 Å². The van der Waals surface area contributed by atoms with Gasteiger partial charge in [0.1, 0.15) is 18.3 Å². The van der Waals surface area contributed by atoms with Gasteiger partial charge >= 0.3 is 0 Å². The second-order valence-electron chi connectivity index (χ2n) is 10.2. The van der Waals surface area contributed by atoms with Gasteiger partial charge in [0.25, 0.3) is 10.0 Å². The summed E-state index contributed by atoms with van der Waals surface area (Å²) in [5, 5.41) is 3.07. The smallest absolute Gasteiger partial charge is 0.264 e. The molecule has 4 aromatic rings. The molecular weight excluding hydrogens is 598 g/mol. The van der Waals surface area contributed by atoms with Crippen LogP contribution in [0.2, 0.25) is 5.02 Å². The van der Waals surface area contributed by atoms with Crippen LogP contribution in [0.3, 0.4) is 0 Å². The third-order valence-corrected chi connectivity index (χ3v) is 9.15. The Hall–Kier alpha value is -4.34. The van der Waals surface area contributed by atoms with Crippen molar-refractivity contribution in [2.45, 2.75) is 37.8 Å². The quantitative estimate of drug-likeness (QED) is 0.206. The van der Waals surface area contributed by atoms with Gasteiger partial charge in [0.05, 0.1) is 17.2 Å². The number of halogens is 1. The van der Waals surface area contributed by atoms with Crippen molar-refractivity contribution in [2.24, 2.45) is 0 Å². The number of nitrogens with zero attached hydrogens (tertiary/aromatic N) is 2. The van der Waals surface area contributed by atoms with E-state index in [0.717, 1.165) is 21.0 Å². The third kappa shape index (κ3) is 8.18. The Morgan fingerprint density at radius 2 is 1.50 bits per heavy atom. The van der Waals surface area contributed by atoms with Crippen molar-refractivity contribution in [3.05, 3.63) is 125 Å². The molecule has 0 bridgehead atoms. The summed E-state index contributed by atoms with van der Waals surface area (Å²) in [6.45, 7) is 3.81. The first-order chi connectivity index (χ1) is 21.1. The number of nitrogens with one attached hydrogen (secondary N) is 1. The predicted octanol–water partition coefficient (Wildman–Crippen LogP) is 5.63. The molecule has 0 spiro atoms. The van der Waals surface area contributed by atoms with Crippen LogP contribution < -0.4 is 14.4 Å². The van der Waals surface area contributed by atoms with Gasteiger partial charge in [-0.3, -0.25) is 13.9 Å². The third-order valence-electron chi connectivity index (χ3n) is 7.11. The normalized spacial score (nSPS) is 11.8. The van der Waals surface area contributed by atoms with Gasteiger partial charge < -0.3 is 15.0 Å². The van der Waals surface area contributed by atoms with Crippen molar-refractivity contribution in [2.75, 3.05) is 24.5 Å². The average Bonchev–Trinajstić information content (AvgIpc) is 3.03. The van der Waals surface area contributed by atoms with Gasteiger partial charge in [-0.1, -0.05) is 71.8 Å². The Kier molecular flexibility index (Phi) is 11.0. The number of anilines is 1. The van der Waals surface area contributed by atoms with Crippen LogP contribution in [0.5, 0.6) is 5.75 Å². The van der Waals surface area contributed by atoms with Crippen LogP contribution in [-0.2, 0) is 32.6 Å². The van der Waals surface area contributed by atoms with E-state index in [1.165, 1.54) is 36.2 Å². The highest BCUT2D eigenvalue weighted by atomic mass is 35.5. The van der Waals surface area contributed by atoms with E-state index >= 15 is 0 Å². The molecule has 8 nitrogen and oxygen atoms in total. The number of ether oxygens (including phenoxy) is 1. The van der Waals surface area contributed by atoms with E-state index in [-0.39, 0.29) is 29.5 Å². The molecule has 1 atom stereocenters. The average molecular weight is 634 g/mol. The Balaban J connectivity index is 1.78. The summed E-state index contributed by atoms with van der Waals surface area (Å²) in [6.07, 6.45) is 0.241. The van der Waals surface area contributed by atoms with Crippen molar-refractivity contribution in [1.82, 2.24) is 10.2 Å². The van der Waals surface area contributed by atoms with Crippen molar-refractivity contribution in [3.8, 4) is 5.75 Å². The number of sulfonamides is 1. The van der Waals surface area contributed by atoms with E-state index in [1.807, 2.05) is 68.4 Å². The van der Waals surface area contributed by atoms with Gasteiger partial charge in [-0.25, -0.2) is 8.42 Å². The molecule has 2 amide bonds. The number of carbonyl (C=O) groups excluding carboxylic acids is 2. The minimum absolute atomic E-state index is 0.0270. The monoisotopic (exact) mass is 633 g/mol. The maximum absolute atomic E-state index is 14.3. The molecule has 230 valence electrons. The molecule has 0 saturated carbocycles. The van der Waals surface area contributed by atoms with Crippen molar-refractivity contribution < 1.29 is 22.7 Å². The minimum Gasteiger partial charge on any atom is -0.494 e. The number of hydrogen-bond acceptors (Lipinski definition) is 5. The molecule has 1 N–H and O–H groups in total. The lowest BCUT2D eigenvalue weighted by molar-refractivity contribution is -0.139. The highest BCUT2D eigenvalue weighted by molar-refractivity contribution is 7.92. The molecule has 4 rings (SSSR count). The highest BCUT2D eigenvalue weighted by Crippen LogP contribution is 2.28. The summed E-state index contributed by atoms with van der Waals surface area (Å²) in [5.74, 6) is -0.334. The summed E-state index contributed by atoms with van der Waals surface area (Å²) in [5.41, 5.74) is 2.99. The molecule has 0 aliphatic carbocycles. The van der Waals surface area contributed by atoms with Crippen molar-refractivity contribution in [3.63, 3.8) is 0 Å². The molecule has 0 fully saturated rings. The van der Waals surface area contributed by atoms with Gasteiger partial charge in [0, 0.05) is 25.0 Å². The highest BCUT2D eigenvalue weighted by Gasteiger charge is 2.34. The number of carbonyl (C=O) groups is 2. The largest absolute Gasteiger partial charge is 0.494 e. The van der Waals surface area contributed by atoms with Crippen molar-refractivity contribution in [1.29, 1.82) is 0 Å². The van der Waals surface area contributed by atoms with Gasteiger partial charge in [-0.2, -0.15) is 0 Å². The molecular formula is C34H36ClN3O5S. The predicted molar refractivity (Wildman–Crippen MR) is 173 cm³/mol. The lowest BCUT2D eigenvalue weighted by Crippen LogP contribution is -2.53. The van der Waals surface area contributed by atoms with Gasteiger partial charge in [-0.05, 0) is 73.5 Å². The van der Waals surface area contributed by atoms with Crippen LogP contribution in [0.15, 0.2) is 108 Å². The Bertz CT molecular complexity index is 1650. The van der Waals surface area contributed by atoms with Crippen LogP contribution in [-0.4, -0.2) is 51.4 Å². The summed E-state index contributed by atoms with van der Waals surface area (Å²) in [6, 6.07) is 28.4. The zero-order chi connectivity index (χ0) is 31.7. The molecule has 0 radical (unpaired) electrons. The molecule has 0 saturated heterocycles. The van der Waals surface area contributed by atoms with E-state index in [2.05, 4.69) is 5.32 Å². The number of rotatable bonds is 13. The molecule has 0 aliphatic heterocycles. The minimum atomic E-state index is -4.23. The maximum atomic E-state index is 14.3. The summed E-state index contributed by atoms with van der Waals surface area (Å²) < 4.78 is 34.7. The molecule has 0 heterocycles. The topological polar surface area (TPSA) is 96.0 Å². The number of aryl methyl sites for hydroxylation is 1.